The average molecular weight is 467 g/mol. The second-order valence-corrected chi connectivity index (χ2v) is 8.73. The van der Waals surface area contributed by atoms with Crippen LogP contribution in [0.15, 0.2) is 41.3 Å². The van der Waals surface area contributed by atoms with E-state index in [-0.39, 0.29) is 30.5 Å². The number of piperidine rings is 1. The van der Waals surface area contributed by atoms with Crippen molar-refractivity contribution in [3.05, 3.63) is 52.4 Å². The third kappa shape index (κ3) is 4.98. The van der Waals surface area contributed by atoms with Gasteiger partial charge in [-0.3, -0.25) is 19.2 Å². The van der Waals surface area contributed by atoms with E-state index in [1.807, 2.05) is 6.92 Å². The maximum atomic E-state index is 13.0. The number of benzene rings is 1. The molecule has 2 fully saturated rings. The van der Waals surface area contributed by atoms with Crippen molar-refractivity contribution in [3.63, 3.8) is 0 Å². The zero-order valence-corrected chi connectivity index (χ0v) is 19.6. The molecule has 0 spiro atoms. The van der Waals surface area contributed by atoms with Crippen LogP contribution >= 0.6 is 0 Å². The Morgan fingerprint density at radius 3 is 2.47 bits per heavy atom. The highest BCUT2D eigenvalue weighted by molar-refractivity contribution is 6.04. The monoisotopic (exact) mass is 466 g/mol. The summed E-state index contributed by atoms with van der Waals surface area (Å²) >= 11 is 0. The van der Waals surface area contributed by atoms with E-state index in [1.54, 1.807) is 41.1 Å². The number of hydrogen-bond acceptors (Lipinski definition) is 5. The van der Waals surface area contributed by atoms with E-state index < -0.39 is 17.4 Å². The standard InChI is InChI=1S/C25H30N4O5/c1-3-34-20-9-7-19(8-10-20)29-16-17(14-22(29)30)23(31)26-21-13-18(15-27(2)25(21)33)24(32)28-11-5-4-6-12-28/h7-10,13,15,17H,3-6,11-12,14,16H2,1-2H3,(H,26,31). The minimum absolute atomic E-state index is 0.0438. The Morgan fingerprint density at radius 1 is 1.09 bits per heavy atom. The third-order valence-electron chi connectivity index (χ3n) is 6.29. The van der Waals surface area contributed by atoms with Gasteiger partial charge in [-0.2, -0.15) is 0 Å². The number of carbonyl (C=O) groups excluding carboxylic acids is 3. The van der Waals surface area contributed by atoms with Gasteiger partial charge >= 0.3 is 0 Å². The van der Waals surface area contributed by atoms with Gasteiger partial charge in [0.2, 0.25) is 11.8 Å². The van der Waals surface area contributed by atoms with Crippen LogP contribution in [0.3, 0.4) is 0 Å². The summed E-state index contributed by atoms with van der Waals surface area (Å²) in [6.45, 7) is 4.04. The molecule has 4 rings (SSSR count). The quantitative estimate of drug-likeness (QED) is 0.705. The molecule has 2 saturated heterocycles. The Hall–Kier alpha value is -3.62. The van der Waals surface area contributed by atoms with E-state index in [9.17, 15) is 19.2 Å². The highest BCUT2D eigenvalue weighted by atomic mass is 16.5. The first-order chi connectivity index (χ1) is 16.4. The Bertz CT molecular complexity index is 1130. The lowest BCUT2D eigenvalue weighted by Crippen LogP contribution is -2.37. The molecule has 34 heavy (non-hydrogen) atoms. The van der Waals surface area contributed by atoms with Crippen LogP contribution in [0.4, 0.5) is 11.4 Å². The zero-order chi connectivity index (χ0) is 24.2. The Kier molecular flexibility index (Phi) is 7.00. The van der Waals surface area contributed by atoms with Crippen LogP contribution in [0.25, 0.3) is 0 Å². The molecular weight excluding hydrogens is 436 g/mol. The topological polar surface area (TPSA) is 101 Å². The number of ether oxygens (including phenoxy) is 1. The van der Waals surface area contributed by atoms with Gasteiger partial charge in [-0.05, 0) is 56.5 Å². The lowest BCUT2D eigenvalue weighted by molar-refractivity contribution is -0.122. The first-order valence-corrected chi connectivity index (χ1v) is 11.7. The molecule has 1 atom stereocenters. The predicted molar refractivity (Wildman–Crippen MR) is 128 cm³/mol. The highest BCUT2D eigenvalue weighted by Crippen LogP contribution is 2.27. The summed E-state index contributed by atoms with van der Waals surface area (Å²) in [4.78, 5) is 54.4. The Labute approximate surface area is 198 Å². The van der Waals surface area contributed by atoms with Crippen molar-refractivity contribution in [2.75, 3.05) is 36.5 Å². The summed E-state index contributed by atoms with van der Waals surface area (Å²) in [5, 5.41) is 2.67. The van der Waals surface area contributed by atoms with Crippen LogP contribution in [-0.4, -0.2) is 53.4 Å². The number of anilines is 2. The zero-order valence-electron chi connectivity index (χ0n) is 19.6. The molecule has 9 heteroatoms. The Morgan fingerprint density at radius 2 is 1.79 bits per heavy atom. The molecular formula is C25H30N4O5. The second kappa shape index (κ2) is 10.1. The molecule has 0 bridgehead atoms. The average Bonchev–Trinajstić information content (AvgIpc) is 3.24. The van der Waals surface area contributed by atoms with Crippen molar-refractivity contribution >= 4 is 29.1 Å². The van der Waals surface area contributed by atoms with E-state index in [0.29, 0.717) is 36.7 Å². The number of nitrogens with zero attached hydrogens (tertiary/aromatic N) is 3. The van der Waals surface area contributed by atoms with Gasteiger partial charge in [0.1, 0.15) is 11.4 Å². The minimum Gasteiger partial charge on any atom is -0.494 e. The molecule has 1 N–H and O–H groups in total. The molecule has 0 aliphatic carbocycles. The first kappa shape index (κ1) is 23.5. The number of amides is 3. The summed E-state index contributed by atoms with van der Waals surface area (Å²) in [7, 11) is 1.55. The molecule has 9 nitrogen and oxygen atoms in total. The largest absolute Gasteiger partial charge is 0.494 e. The third-order valence-corrected chi connectivity index (χ3v) is 6.29. The predicted octanol–water partition coefficient (Wildman–Crippen LogP) is 2.40. The molecule has 1 unspecified atom stereocenters. The smallest absolute Gasteiger partial charge is 0.274 e. The van der Waals surface area contributed by atoms with Crippen molar-refractivity contribution in [2.24, 2.45) is 13.0 Å². The second-order valence-electron chi connectivity index (χ2n) is 8.73. The van der Waals surface area contributed by atoms with Gasteiger partial charge in [0.15, 0.2) is 0 Å². The van der Waals surface area contributed by atoms with Crippen molar-refractivity contribution < 1.29 is 19.1 Å². The maximum absolute atomic E-state index is 13.0. The van der Waals surface area contributed by atoms with Crippen LogP contribution in [0.2, 0.25) is 0 Å². The molecule has 0 saturated carbocycles. The molecule has 1 aromatic heterocycles. The van der Waals surface area contributed by atoms with E-state index in [1.165, 1.54) is 16.8 Å². The fraction of sp³-hybridized carbons (Fsp3) is 0.440. The minimum atomic E-state index is -0.606. The number of likely N-dealkylation sites (tertiary alicyclic amines) is 1. The molecule has 1 aromatic carbocycles. The maximum Gasteiger partial charge on any atom is 0.274 e. The first-order valence-electron chi connectivity index (χ1n) is 11.7. The van der Waals surface area contributed by atoms with Crippen LogP contribution < -0.4 is 20.5 Å². The Balaban J connectivity index is 1.47. The number of pyridine rings is 1. The highest BCUT2D eigenvalue weighted by Gasteiger charge is 2.35. The summed E-state index contributed by atoms with van der Waals surface area (Å²) in [5.74, 6) is -0.622. The summed E-state index contributed by atoms with van der Waals surface area (Å²) < 4.78 is 6.74. The summed E-state index contributed by atoms with van der Waals surface area (Å²) in [6.07, 6.45) is 4.57. The fourth-order valence-corrected chi connectivity index (χ4v) is 4.45. The number of nitrogens with one attached hydrogen (secondary N) is 1. The number of aromatic nitrogens is 1. The number of carbonyl (C=O) groups is 3. The van der Waals surface area contributed by atoms with Gasteiger partial charge in [0, 0.05) is 45.0 Å². The number of rotatable bonds is 6. The van der Waals surface area contributed by atoms with Gasteiger partial charge in [-0.25, -0.2) is 0 Å². The van der Waals surface area contributed by atoms with Crippen molar-refractivity contribution in [2.45, 2.75) is 32.6 Å². The summed E-state index contributed by atoms with van der Waals surface area (Å²) in [5.41, 5.74) is 0.685. The SMILES string of the molecule is CCOc1ccc(N2CC(C(=O)Nc3cc(C(=O)N4CCCCC4)cn(C)c3=O)CC2=O)cc1. The number of hydrogen-bond donors (Lipinski definition) is 1. The van der Waals surface area contributed by atoms with E-state index in [0.717, 1.165) is 19.3 Å². The molecule has 2 aromatic rings. The lowest BCUT2D eigenvalue weighted by atomic mass is 10.1. The van der Waals surface area contributed by atoms with Crippen LogP contribution in [0.5, 0.6) is 5.75 Å². The van der Waals surface area contributed by atoms with Gasteiger partial charge in [0.25, 0.3) is 11.5 Å². The fourth-order valence-electron chi connectivity index (χ4n) is 4.45. The molecule has 2 aliphatic rings. The van der Waals surface area contributed by atoms with Crippen LogP contribution in [-0.2, 0) is 16.6 Å². The van der Waals surface area contributed by atoms with Gasteiger partial charge < -0.3 is 24.4 Å². The molecule has 180 valence electrons. The molecule has 3 amide bonds. The van der Waals surface area contributed by atoms with Crippen molar-refractivity contribution in [1.29, 1.82) is 0 Å². The number of aryl methyl sites for hydroxylation is 1. The van der Waals surface area contributed by atoms with E-state index in [4.69, 9.17) is 4.74 Å². The van der Waals surface area contributed by atoms with Gasteiger partial charge in [-0.1, -0.05) is 0 Å². The van der Waals surface area contributed by atoms with Crippen LogP contribution in [0.1, 0.15) is 43.0 Å². The van der Waals surface area contributed by atoms with E-state index >= 15 is 0 Å². The van der Waals surface area contributed by atoms with E-state index in [2.05, 4.69) is 5.32 Å². The van der Waals surface area contributed by atoms with Crippen LogP contribution in [0, 0.1) is 5.92 Å². The van der Waals surface area contributed by atoms with Crippen molar-refractivity contribution in [1.82, 2.24) is 9.47 Å². The molecule has 2 aliphatic heterocycles. The lowest BCUT2D eigenvalue weighted by Gasteiger charge is -2.27. The van der Waals surface area contributed by atoms with Gasteiger partial charge in [0.05, 0.1) is 18.1 Å². The molecule has 3 heterocycles. The summed E-state index contributed by atoms with van der Waals surface area (Å²) in [6, 6.07) is 8.59. The van der Waals surface area contributed by atoms with Crippen molar-refractivity contribution in [3.8, 4) is 5.75 Å². The normalized spacial score (nSPS) is 18.2. The molecule has 0 radical (unpaired) electrons. The van der Waals surface area contributed by atoms with Gasteiger partial charge in [-0.15, -0.1) is 0 Å².